The van der Waals surface area contributed by atoms with Crippen molar-refractivity contribution in [3.63, 3.8) is 0 Å². The molecule has 110 valence electrons. The van der Waals surface area contributed by atoms with Gasteiger partial charge >= 0.3 is 0 Å². The van der Waals surface area contributed by atoms with Crippen LogP contribution in [0.15, 0.2) is 28.9 Å². The Morgan fingerprint density at radius 2 is 2.33 bits per heavy atom. The highest BCUT2D eigenvalue weighted by Crippen LogP contribution is 2.35. The van der Waals surface area contributed by atoms with Crippen LogP contribution in [-0.4, -0.2) is 14.7 Å². The van der Waals surface area contributed by atoms with E-state index >= 15 is 0 Å². The SMILES string of the molecule is Cn1ncc2c1CCCC2Nc1cc([N+](=O)[O-])ccc1Br. The monoisotopic (exact) mass is 350 g/mol. The standard InChI is InChI=1S/C14H15BrN4O2/c1-18-14-4-2-3-12(10(14)8-16-18)17-13-7-9(19(20)21)5-6-11(13)15/h5-8,12,17H,2-4H2,1H3. The molecule has 0 fully saturated rings. The number of anilines is 1. The summed E-state index contributed by atoms with van der Waals surface area (Å²) in [6.07, 6.45) is 4.99. The van der Waals surface area contributed by atoms with Crippen molar-refractivity contribution in [1.82, 2.24) is 9.78 Å². The van der Waals surface area contributed by atoms with Gasteiger partial charge in [-0.05, 0) is 41.3 Å². The first-order valence-electron chi connectivity index (χ1n) is 6.77. The van der Waals surface area contributed by atoms with E-state index in [0.717, 1.165) is 29.4 Å². The number of nitrogens with zero attached hydrogens (tertiary/aromatic N) is 3. The highest BCUT2D eigenvalue weighted by molar-refractivity contribution is 9.10. The van der Waals surface area contributed by atoms with Gasteiger partial charge in [0.05, 0.1) is 22.8 Å². The summed E-state index contributed by atoms with van der Waals surface area (Å²) in [5.74, 6) is 0. The number of rotatable bonds is 3. The van der Waals surface area contributed by atoms with Gasteiger partial charge in [-0.15, -0.1) is 0 Å². The van der Waals surface area contributed by atoms with Gasteiger partial charge in [0.1, 0.15) is 0 Å². The van der Waals surface area contributed by atoms with E-state index in [1.807, 2.05) is 17.9 Å². The Hall–Kier alpha value is -1.89. The second-order valence-electron chi connectivity index (χ2n) is 5.18. The Kier molecular flexibility index (Phi) is 3.67. The lowest BCUT2D eigenvalue weighted by atomic mass is 9.93. The van der Waals surface area contributed by atoms with E-state index in [-0.39, 0.29) is 16.7 Å². The Morgan fingerprint density at radius 1 is 1.52 bits per heavy atom. The maximum atomic E-state index is 10.9. The lowest BCUT2D eigenvalue weighted by Gasteiger charge is -2.25. The summed E-state index contributed by atoms with van der Waals surface area (Å²) in [7, 11) is 1.95. The average molecular weight is 351 g/mol. The Balaban J connectivity index is 1.91. The molecule has 21 heavy (non-hydrogen) atoms. The van der Waals surface area contributed by atoms with Crippen LogP contribution in [0.5, 0.6) is 0 Å². The number of nitrogens with one attached hydrogen (secondary N) is 1. The van der Waals surface area contributed by atoms with E-state index in [0.29, 0.717) is 0 Å². The van der Waals surface area contributed by atoms with Crippen LogP contribution in [0.4, 0.5) is 11.4 Å². The van der Waals surface area contributed by atoms with Crippen molar-refractivity contribution in [2.75, 3.05) is 5.32 Å². The molecule has 1 atom stereocenters. The number of aryl methyl sites for hydroxylation is 1. The van der Waals surface area contributed by atoms with Crippen LogP contribution in [-0.2, 0) is 13.5 Å². The van der Waals surface area contributed by atoms with Crippen molar-refractivity contribution in [2.45, 2.75) is 25.3 Å². The number of hydrogen-bond donors (Lipinski definition) is 1. The number of non-ortho nitro benzene ring substituents is 1. The van der Waals surface area contributed by atoms with Crippen molar-refractivity contribution in [3.05, 3.63) is 50.2 Å². The van der Waals surface area contributed by atoms with Crippen LogP contribution in [0, 0.1) is 10.1 Å². The summed E-state index contributed by atoms with van der Waals surface area (Å²) < 4.78 is 2.73. The molecular weight excluding hydrogens is 336 g/mol. The fourth-order valence-corrected chi connectivity index (χ4v) is 3.14. The molecule has 6 nitrogen and oxygen atoms in total. The van der Waals surface area contributed by atoms with Gasteiger partial charge in [0.15, 0.2) is 0 Å². The number of aromatic nitrogens is 2. The predicted octanol–water partition coefficient (Wildman–Crippen LogP) is 3.58. The summed E-state index contributed by atoms with van der Waals surface area (Å²) in [6, 6.07) is 4.90. The molecule has 1 aliphatic carbocycles. The normalized spacial score (nSPS) is 17.3. The van der Waals surface area contributed by atoms with E-state index in [9.17, 15) is 10.1 Å². The maximum Gasteiger partial charge on any atom is 0.271 e. The molecule has 0 radical (unpaired) electrons. The van der Waals surface area contributed by atoms with E-state index < -0.39 is 0 Å². The molecule has 2 aromatic rings. The van der Waals surface area contributed by atoms with Gasteiger partial charge in [-0.1, -0.05) is 0 Å². The van der Waals surface area contributed by atoms with Gasteiger partial charge in [0, 0.05) is 34.9 Å². The first-order chi connectivity index (χ1) is 10.1. The van der Waals surface area contributed by atoms with Crippen molar-refractivity contribution in [2.24, 2.45) is 7.05 Å². The Labute approximate surface area is 130 Å². The minimum Gasteiger partial charge on any atom is -0.377 e. The molecule has 0 amide bonds. The van der Waals surface area contributed by atoms with Crippen LogP contribution in [0.1, 0.15) is 30.1 Å². The molecule has 1 N–H and O–H groups in total. The second-order valence-corrected chi connectivity index (χ2v) is 6.03. The topological polar surface area (TPSA) is 73.0 Å². The molecule has 0 aliphatic heterocycles. The van der Waals surface area contributed by atoms with E-state index in [4.69, 9.17) is 0 Å². The zero-order valence-corrected chi connectivity index (χ0v) is 13.1. The molecule has 7 heteroatoms. The van der Waals surface area contributed by atoms with Gasteiger partial charge < -0.3 is 5.32 Å². The zero-order chi connectivity index (χ0) is 15.0. The number of hydrogen-bond acceptors (Lipinski definition) is 4. The summed E-state index contributed by atoms with van der Waals surface area (Å²) in [5.41, 5.74) is 3.25. The maximum absolute atomic E-state index is 10.9. The quantitative estimate of drug-likeness (QED) is 0.678. The smallest absolute Gasteiger partial charge is 0.271 e. The largest absolute Gasteiger partial charge is 0.377 e. The van der Waals surface area contributed by atoms with Gasteiger partial charge in [-0.3, -0.25) is 14.8 Å². The molecule has 0 bridgehead atoms. The van der Waals surface area contributed by atoms with Crippen LogP contribution < -0.4 is 5.32 Å². The number of nitro benzene ring substituents is 1. The Morgan fingerprint density at radius 3 is 3.10 bits per heavy atom. The summed E-state index contributed by atoms with van der Waals surface area (Å²) in [5, 5.41) is 18.6. The highest BCUT2D eigenvalue weighted by atomic mass is 79.9. The number of nitro groups is 1. The van der Waals surface area contributed by atoms with Crippen LogP contribution in [0.25, 0.3) is 0 Å². The third-order valence-electron chi connectivity index (χ3n) is 3.87. The predicted molar refractivity (Wildman–Crippen MR) is 83.3 cm³/mol. The average Bonchev–Trinajstić information content (AvgIpc) is 2.84. The number of benzene rings is 1. The van der Waals surface area contributed by atoms with E-state index in [1.54, 1.807) is 12.1 Å². The summed E-state index contributed by atoms with van der Waals surface area (Å²) in [4.78, 5) is 10.5. The van der Waals surface area contributed by atoms with Crippen LogP contribution in [0.3, 0.4) is 0 Å². The van der Waals surface area contributed by atoms with Crippen molar-refractivity contribution in [1.29, 1.82) is 0 Å². The minimum absolute atomic E-state index is 0.0860. The molecule has 1 heterocycles. The molecule has 0 saturated heterocycles. The van der Waals surface area contributed by atoms with Crippen molar-refractivity contribution >= 4 is 27.3 Å². The minimum atomic E-state index is -0.381. The lowest BCUT2D eigenvalue weighted by molar-refractivity contribution is -0.384. The number of halogens is 1. The van der Waals surface area contributed by atoms with Gasteiger partial charge in [-0.25, -0.2) is 0 Å². The Bertz CT molecular complexity index is 698. The summed E-state index contributed by atoms with van der Waals surface area (Å²) in [6.45, 7) is 0. The first-order valence-corrected chi connectivity index (χ1v) is 7.57. The van der Waals surface area contributed by atoms with E-state index in [2.05, 4.69) is 26.3 Å². The molecule has 0 spiro atoms. The molecule has 1 unspecified atom stereocenters. The molecular formula is C14H15BrN4O2. The van der Waals surface area contributed by atoms with Gasteiger partial charge in [0.25, 0.3) is 5.69 Å². The molecule has 0 saturated carbocycles. The molecule has 1 aromatic heterocycles. The molecule has 1 aromatic carbocycles. The fraction of sp³-hybridized carbons (Fsp3) is 0.357. The lowest BCUT2D eigenvalue weighted by Crippen LogP contribution is -2.18. The third kappa shape index (κ3) is 2.65. The van der Waals surface area contributed by atoms with Crippen LogP contribution >= 0.6 is 15.9 Å². The van der Waals surface area contributed by atoms with Gasteiger partial charge in [-0.2, -0.15) is 5.10 Å². The second kappa shape index (κ2) is 5.48. The first kappa shape index (κ1) is 14.1. The summed E-state index contributed by atoms with van der Waals surface area (Å²) >= 11 is 3.45. The van der Waals surface area contributed by atoms with Crippen molar-refractivity contribution < 1.29 is 4.92 Å². The highest BCUT2D eigenvalue weighted by Gasteiger charge is 2.24. The van der Waals surface area contributed by atoms with Crippen LogP contribution in [0.2, 0.25) is 0 Å². The number of fused-ring (bicyclic) bond motifs is 1. The third-order valence-corrected chi connectivity index (χ3v) is 4.56. The van der Waals surface area contributed by atoms with Gasteiger partial charge in [0.2, 0.25) is 0 Å². The van der Waals surface area contributed by atoms with Crippen molar-refractivity contribution in [3.8, 4) is 0 Å². The zero-order valence-electron chi connectivity index (χ0n) is 11.5. The molecule has 1 aliphatic rings. The molecule has 3 rings (SSSR count). The van der Waals surface area contributed by atoms with E-state index in [1.165, 1.54) is 17.3 Å². The fourth-order valence-electron chi connectivity index (χ4n) is 2.78.